The number of sulfone groups is 1. The minimum absolute atomic E-state index is 0.0635. The van der Waals surface area contributed by atoms with Gasteiger partial charge in [0.15, 0.2) is 9.84 Å². The van der Waals surface area contributed by atoms with Crippen molar-refractivity contribution in [3.8, 4) is 0 Å². The quantitative estimate of drug-likeness (QED) is 0.660. The maximum Gasteiger partial charge on any atom is 0.225 e. The Balaban J connectivity index is 2.19. The summed E-state index contributed by atoms with van der Waals surface area (Å²) in [7, 11) is -2.98. The fourth-order valence-electron chi connectivity index (χ4n) is 2.47. The highest BCUT2D eigenvalue weighted by Gasteiger charge is 2.44. The van der Waals surface area contributed by atoms with E-state index >= 15 is 0 Å². The van der Waals surface area contributed by atoms with E-state index in [1.807, 2.05) is 13.8 Å². The molecule has 0 radical (unpaired) electrons. The van der Waals surface area contributed by atoms with Crippen molar-refractivity contribution >= 4 is 15.7 Å². The molecule has 6 heteroatoms. The number of nitrogens with zero attached hydrogens (tertiary/aromatic N) is 1. The second-order valence-electron chi connectivity index (χ2n) is 4.89. The van der Waals surface area contributed by atoms with Gasteiger partial charge in [-0.1, -0.05) is 13.8 Å². The van der Waals surface area contributed by atoms with Gasteiger partial charge >= 0.3 is 0 Å². The Morgan fingerprint density at radius 2 is 2.06 bits per heavy atom. The number of amides is 1. The van der Waals surface area contributed by atoms with Gasteiger partial charge in [0.2, 0.25) is 5.91 Å². The molecule has 1 N–H and O–H groups in total. The minimum atomic E-state index is -2.98. The van der Waals surface area contributed by atoms with Gasteiger partial charge in [0.25, 0.3) is 0 Å². The van der Waals surface area contributed by atoms with Crippen molar-refractivity contribution in [2.75, 3.05) is 24.6 Å². The van der Waals surface area contributed by atoms with Crippen LogP contribution in [-0.4, -0.2) is 55.9 Å². The third kappa shape index (κ3) is 2.08. The molecule has 0 aromatic carbocycles. The number of piperazine rings is 1. The summed E-state index contributed by atoms with van der Waals surface area (Å²) >= 11 is 0. The molecular formula is C10H18N2O3S. The smallest absolute Gasteiger partial charge is 0.225 e. The van der Waals surface area contributed by atoms with E-state index in [1.54, 1.807) is 4.90 Å². The normalized spacial score (nSPS) is 32.8. The van der Waals surface area contributed by atoms with Crippen LogP contribution < -0.4 is 5.32 Å². The summed E-state index contributed by atoms with van der Waals surface area (Å²) in [4.78, 5) is 13.7. The highest BCUT2D eigenvalue weighted by molar-refractivity contribution is 7.91. The second-order valence-corrected chi connectivity index (χ2v) is 7.05. The van der Waals surface area contributed by atoms with Crippen LogP contribution in [0, 0.1) is 5.92 Å². The standard InChI is InChI=1S/C10H18N2O3S/c1-7(2)10(13)12-4-3-11-8-5-16(14,15)6-9(8)12/h7-9,11H,3-6H2,1-2H3/t8-,9+/m1/s1. The van der Waals surface area contributed by atoms with E-state index in [-0.39, 0.29) is 35.4 Å². The van der Waals surface area contributed by atoms with Crippen LogP contribution in [0.15, 0.2) is 0 Å². The third-order valence-electron chi connectivity index (χ3n) is 3.26. The first-order chi connectivity index (χ1) is 7.41. The fraction of sp³-hybridized carbons (Fsp3) is 0.900. The Morgan fingerprint density at radius 1 is 1.38 bits per heavy atom. The molecule has 16 heavy (non-hydrogen) atoms. The zero-order valence-corrected chi connectivity index (χ0v) is 10.5. The summed E-state index contributed by atoms with van der Waals surface area (Å²) in [6.45, 7) is 5.01. The van der Waals surface area contributed by atoms with Crippen LogP contribution in [0.4, 0.5) is 0 Å². The summed E-state index contributed by atoms with van der Waals surface area (Å²) in [6, 6.07) is -0.227. The zero-order valence-electron chi connectivity index (χ0n) is 9.64. The summed E-state index contributed by atoms with van der Waals surface area (Å²) in [5, 5.41) is 3.19. The Hall–Kier alpha value is -0.620. The molecule has 2 saturated heterocycles. The van der Waals surface area contributed by atoms with E-state index in [0.29, 0.717) is 13.1 Å². The van der Waals surface area contributed by atoms with Crippen LogP contribution in [0.5, 0.6) is 0 Å². The SMILES string of the molecule is CC(C)C(=O)N1CCN[C@@H]2CS(=O)(=O)C[C@@H]21. The lowest BCUT2D eigenvalue weighted by Crippen LogP contribution is -2.59. The number of hydrogen-bond donors (Lipinski definition) is 1. The van der Waals surface area contributed by atoms with E-state index in [2.05, 4.69) is 5.32 Å². The Labute approximate surface area is 96.1 Å². The summed E-state index contributed by atoms with van der Waals surface area (Å²) in [5.74, 6) is 0.276. The van der Waals surface area contributed by atoms with Crippen LogP contribution in [0.25, 0.3) is 0 Å². The molecule has 2 aliphatic heterocycles. The number of nitrogens with one attached hydrogen (secondary N) is 1. The average Bonchev–Trinajstić information content (AvgIpc) is 2.49. The van der Waals surface area contributed by atoms with Gasteiger partial charge in [0.05, 0.1) is 17.5 Å². The van der Waals surface area contributed by atoms with Gasteiger partial charge in [-0.25, -0.2) is 8.42 Å². The maximum atomic E-state index is 12.0. The first-order valence-electron chi connectivity index (χ1n) is 5.65. The first-order valence-corrected chi connectivity index (χ1v) is 7.47. The molecule has 2 rings (SSSR count). The first kappa shape index (κ1) is 11.9. The molecule has 2 fully saturated rings. The molecule has 1 amide bonds. The van der Waals surface area contributed by atoms with E-state index in [1.165, 1.54) is 0 Å². The average molecular weight is 246 g/mol. The largest absolute Gasteiger partial charge is 0.336 e. The molecule has 0 aromatic heterocycles. The lowest BCUT2D eigenvalue weighted by molar-refractivity contribution is -0.137. The Kier molecular flexibility index (Phi) is 2.96. The van der Waals surface area contributed by atoms with Gasteiger partial charge < -0.3 is 10.2 Å². The van der Waals surface area contributed by atoms with Crippen LogP contribution in [-0.2, 0) is 14.6 Å². The molecule has 5 nitrogen and oxygen atoms in total. The number of carbonyl (C=O) groups is 1. The molecule has 0 aliphatic carbocycles. The summed E-state index contributed by atoms with van der Waals surface area (Å²) in [5.41, 5.74) is 0. The third-order valence-corrected chi connectivity index (χ3v) is 4.98. The maximum absolute atomic E-state index is 12.0. The number of carbonyl (C=O) groups excluding carboxylic acids is 1. The summed E-state index contributed by atoms with van der Waals surface area (Å²) in [6.07, 6.45) is 0. The predicted octanol–water partition coefficient (Wildman–Crippen LogP) is -0.760. The van der Waals surface area contributed by atoms with Crippen molar-refractivity contribution in [1.82, 2.24) is 10.2 Å². The number of hydrogen-bond acceptors (Lipinski definition) is 4. The lowest BCUT2D eigenvalue weighted by Gasteiger charge is -2.38. The van der Waals surface area contributed by atoms with E-state index in [4.69, 9.17) is 0 Å². The number of fused-ring (bicyclic) bond motifs is 1. The van der Waals surface area contributed by atoms with Crippen molar-refractivity contribution in [2.24, 2.45) is 5.92 Å². The molecule has 0 bridgehead atoms. The van der Waals surface area contributed by atoms with E-state index in [0.717, 1.165) is 0 Å². The highest BCUT2D eigenvalue weighted by atomic mass is 32.2. The van der Waals surface area contributed by atoms with E-state index in [9.17, 15) is 13.2 Å². The van der Waals surface area contributed by atoms with Crippen molar-refractivity contribution in [1.29, 1.82) is 0 Å². The van der Waals surface area contributed by atoms with Gasteiger partial charge in [0, 0.05) is 25.0 Å². The van der Waals surface area contributed by atoms with Crippen molar-refractivity contribution in [2.45, 2.75) is 25.9 Å². The Bertz CT molecular complexity index is 391. The van der Waals surface area contributed by atoms with Gasteiger partial charge in [-0.15, -0.1) is 0 Å². The van der Waals surface area contributed by atoms with Crippen molar-refractivity contribution < 1.29 is 13.2 Å². The molecule has 0 aromatic rings. The summed E-state index contributed by atoms with van der Waals surface area (Å²) < 4.78 is 23.1. The van der Waals surface area contributed by atoms with Crippen molar-refractivity contribution in [3.63, 3.8) is 0 Å². The fourth-order valence-corrected chi connectivity index (χ4v) is 4.43. The molecule has 2 aliphatic rings. The number of rotatable bonds is 1. The van der Waals surface area contributed by atoms with E-state index < -0.39 is 9.84 Å². The highest BCUT2D eigenvalue weighted by Crippen LogP contribution is 2.22. The van der Waals surface area contributed by atoms with Gasteiger partial charge in [-0.05, 0) is 0 Å². The molecule has 0 unspecified atom stereocenters. The molecule has 0 spiro atoms. The molecule has 2 atom stereocenters. The minimum Gasteiger partial charge on any atom is -0.336 e. The van der Waals surface area contributed by atoms with Gasteiger partial charge in [-0.3, -0.25) is 4.79 Å². The Morgan fingerprint density at radius 3 is 2.69 bits per heavy atom. The van der Waals surface area contributed by atoms with Crippen LogP contribution >= 0.6 is 0 Å². The monoisotopic (exact) mass is 246 g/mol. The molecule has 92 valence electrons. The van der Waals surface area contributed by atoms with Crippen molar-refractivity contribution in [3.05, 3.63) is 0 Å². The molecular weight excluding hydrogens is 228 g/mol. The lowest BCUT2D eigenvalue weighted by atomic mass is 10.0. The molecule has 2 heterocycles. The predicted molar refractivity (Wildman–Crippen MR) is 60.8 cm³/mol. The van der Waals surface area contributed by atoms with Crippen LogP contribution in [0.3, 0.4) is 0 Å². The second kappa shape index (κ2) is 4.00. The topological polar surface area (TPSA) is 66.5 Å². The van der Waals surface area contributed by atoms with Crippen LogP contribution in [0.2, 0.25) is 0 Å². The van der Waals surface area contributed by atoms with Crippen LogP contribution in [0.1, 0.15) is 13.8 Å². The molecule has 0 saturated carbocycles. The van der Waals surface area contributed by atoms with Gasteiger partial charge in [0.1, 0.15) is 0 Å². The zero-order chi connectivity index (χ0) is 11.9. The van der Waals surface area contributed by atoms with Gasteiger partial charge in [-0.2, -0.15) is 0 Å².